The highest BCUT2D eigenvalue weighted by Crippen LogP contribution is 2.29. The molecule has 0 radical (unpaired) electrons. The zero-order chi connectivity index (χ0) is 18.6. The van der Waals surface area contributed by atoms with Crippen molar-refractivity contribution in [2.24, 2.45) is 0 Å². The highest BCUT2D eigenvalue weighted by atomic mass is 35.5. The molecule has 1 fully saturated rings. The Hall–Kier alpha value is -2.50. The van der Waals surface area contributed by atoms with Gasteiger partial charge in [-0.15, -0.1) is 0 Å². The quantitative estimate of drug-likeness (QED) is 0.670. The van der Waals surface area contributed by atoms with Gasteiger partial charge in [0.2, 0.25) is 0 Å². The van der Waals surface area contributed by atoms with E-state index in [1.807, 2.05) is 36.4 Å². The molecule has 1 aliphatic heterocycles. The van der Waals surface area contributed by atoms with Crippen molar-refractivity contribution >= 4 is 28.5 Å². The van der Waals surface area contributed by atoms with E-state index < -0.39 is 0 Å². The summed E-state index contributed by atoms with van der Waals surface area (Å²) in [7, 11) is 0. The second-order valence-corrected chi connectivity index (χ2v) is 7.04. The number of carbonyl (C=O) groups excluding carboxylic acids is 1. The molecule has 4 rings (SSSR count). The average molecular weight is 385 g/mol. The molecule has 2 aromatic carbocycles. The van der Waals surface area contributed by atoms with Crippen molar-refractivity contribution < 1.29 is 13.9 Å². The van der Waals surface area contributed by atoms with Gasteiger partial charge in [0.05, 0.1) is 5.02 Å². The number of halogens is 1. The first kappa shape index (κ1) is 17.9. The van der Waals surface area contributed by atoms with E-state index in [0.29, 0.717) is 34.7 Å². The number of nitrogens with one attached hydrogen (secondary N) is 2. The lowest BCUT2D eigenvalue weighted by molar-refractivity contribution is 0.0921. The van der Waals surface area contributed by atoms with Gasteiger partial charge in [0.15, 0.2) is 5.76 Å². The Labute approximate surface area is 162 Å². The van der Waals surface area contributed by atoms with Crippen molar-refractivity contribution in [3.63, 3.8) is 0 Å². The molecule has 140 valence electrons. The van der Waals surface area contributed by atoms with Crippen molar-refractivity contribution in [2.45, 2.75) is 25.5 Å². The van der Waals surface area contributed by atoms with Gasteiger partial charge in [-0.3, -0.25) is 4.79 Å². The van der Waals surface area contributed by atoms with Crippen LogP contribution < -0.4 is 15.4 Å². The molecule has 1 aliphatic rings. The van der Waals surface area contributed by atoms with E-state index in [9.17, 15) is 4.79 Å². The number of hydrogen-bond donors (Lipinski definition) is 2. The van der Waals surface area contributed by atoms with Gasteiger partial charge in [-0.2, -0.15) is 0 Å². The van der Waals surface area contributed by atoms with E-state index in [4.69, 9.17) is 20.8 Å². The maximum absolute atomic E-state index is 12.8. The standard InChI is InChI=1S/C21H21ClN2O3/c22-17-8-2-4-10-19(17)26-13-16-15-7-1-3-9-18(15)27-20(16)21(25)24-12-14-6-5-11-23-14/h1-4,7-10,14,23H,5-6,11-13H2,(H,24,25). The Morgan fingerprint density at radius 2 is 2.04 bits per heavy atom. The average Bonchev–Trinajstić information content (AvgIpc) is 3.33. The fourth-order valence-electron chi connectivity index (χ4n) is 3.36. The Morgan fingerprint density at radius 3 is 2.85 bits per heavy atom. The highest BCUT2D eigenvalue weighted by molar-refractivity contribution is 6.32. The molecule has 3 aromatic rings. The number of amides is 1. The SMILES string of the molecule is O=C(NCC1CCCN1)c1oc2ccccc2c1COc1ccccc1Cl. The topological polar surface area (TPSA) is 63.5 Å². The molecule has 1 unspecified atom stereocenters. The molecule has 5 nitrogen and oxygen atoms in total. The van der Waals surface area contributed by atoms with Crippen molar-refractivity contribution in [1.29, 1.82) is 0 Å². The van der Waals surface area contributed by atoms with Crippen LogP contribution >= 0.6 is 11.6 Å². The first-order valence-electron chi connectivity index (χ1n) is 9.11. The summed E-state index contributed by atoms with van der Waals surface area (Å²) in [6, 6.07) is 15.2. The summed E-state index contributed by atoms with van der Waals surface area (Å²) in [6.45, 7) is 1.79. The van der Waals surface area contributed by atoms with Crippen LogP contribution in [0.4, 0.5) is 0 Å². The summed E-state index contributed by atoms with van der Waals surface area (Å²) < 4.78 is 11.7. The van der Waals surface area contributed by atoms with Crippen LogP contribution in [0.2, 0.25) is 5.02 Å². The summed E-state index contributed by atoms with van der Waals surface area (Å²) in [6.07, 6.45) is 2.21. The monoisotopic (exact) mass is 384 g/mol. The molecule has 1 saturated heterocycles. The summed E-state index contributed by atoms with van der Waals surface area (Å²) >= 11 is 6.17. The first-order chi connectivity index (χ1) is 13.2. The number of carbonyl (C=O) groups is 1. The summed E-state index contributed by atoms with van der Waals surface area (Å²) in [5.41, 5.74) is 1.39. The van der Waals surface area contributed by atoms with Gasteiger partial charge in [0.25, 0.3) is 5.91 Å². The van der Waals surface area contributed by atoms with Crippen molar-refractivity contribution in [3.05, 3.63) is 64.9 Å². The molecule has 1 aromatic heterocycles. The number of para-hydroxylation sites is 2. The van der Waals surface area contributed by atoms with Gasteiger partial charge in [0, 0.05) is 23.5 Å². The summed E-state index contributed by atoms with van der Waals surface area (Å²) in [4.78, 5) is 12.8. The Balaban J connectivity index is 1.56. The highest BCUT2D eigenvalue weighted by Gasteiger charge is 2.22. The molecular formula is C21H21ClN2O3. The maximum Gasteiger partial charge on any atom is 0.287 e. The van der Waals surface area contributed by atoms with Crippen LogP contribution in [0, 0.1) is 0 Å². The molecule has 0 saturated carbocycles. The van der Waals surface area contributed by atoms with Crippen LogP contribution in [0.25, 0.3) is 11.0 Å². The third-order valence-electron chi connectivity index (χ3n) is 4.78. The molecule has 0 spiro atoms. The fourth-order valence-corrected chi connectivity index (χ4v) is 3.55. The van der Waals surface area contributed by atoms with E-state index in [0.717, 1.165) is 30.3 Å². The van der Waals surface area contributed by atoms with Gasteiger partial charge in [-0.05, 0) is 37.6 Å². The minimum absolute atomic E-state index is 0.200. The molecule has 1 amide bonds. The van der Waals surface area contributed by atoms with Crippen LogP contribution in [0.1, 0.15) is 29.0 Å². The zero-order valence-electron chi connectivity index (χ0n) is 14.8. The van der Waals surface area contributed by atoms with Gasteiger partial charge in [0.1, 0.15) is 17.9 Å². The molecule has 2 heterocycles. The van der Waals surface area contributed by atoms with Gasteiger partial charge in [-0.1, -0.05) is 41.9 Å². The third kappa shape index (κ3) is 3.94. The third-order valence-corrected chi connectivity index (χ3v) is 5.10. The van der Waals surface area contributed by atoms with Crippen LogP contribution in [-0.2, 0) is 6.61 Å². The zero-order valence-corrected chi connectivity index (χ0v) is 15.6. The number of hydrogen-bond acceptors (Lipinski definition) is 4. The Bertz CT molecular complexity index is 948. The summed E-state index contributed by atoms with van der Waals surface area (Å²) in [5.74, 6) is 0.643. The van der Waals surface area contributed by atoms with E-state index in [2.05, 4.69) is 10.6 Å². The minimum Gasteiger partial charge on any atom is -0.487 e. The van der Waals surface area contributed by atoms with Crippen LogP contribution in [0.15, 0.2) is 52.9 Å². The number of benzene rings is 2. The maximum atomic E-state index is 12.8. The van der Waals surface area contributed by atoms with E-state index in [-0.39, 0.29) is 12.5 Å². The molecule has 6 heteroatoms. The Morgan fingerprint density at radius 1 is 1.22 bits per heavy atom. The van der Waals surface area contributed by atoms with Gasteiger partial charge >= 0.3 is 0 Å². The second kappa shape index (κ2) is 8.03. The normalized spacial score (nSPS) is 16.6. The summed E-state index contributed by atoms with van der Waals surface area (Å²) in [5, 5.41) is 7.75. The molecule has 1 atom stereocenters. The number of fused-ring (bicyclic) bond motifs is 1. The van der Waals surface area contributed by atoms with E-state index >= 15 is 0 Å². The van der Waals surface area contributed by atoms with Crippen molar-refractivity contribution in [3.8, 4) is 5.75 Å². The lowest BCUT2D eigenvalue weighted by atomic mass is 10.1. The van der Waals surface area contributed by atoms with Crippen molar-refractivity contribution in [1.82, 2.24) is 10.6 Å². The predicted octanol–water partition coefficient (Wildman–Crippen LogP) is 4.15. The number of ether oxygens (including phenoxy) is 1. The molecule has 0 aliphatic carbocycles. The van der Waals surface area contributed by atoms with Crippen LogP contribution in [0.5, 0.6) is 5.75 Å². The lowest BCUT2D eigenvalue weighted by Crippen LogP contribution is -2.37. The number of rotatable bonds is 6. The Kier molecular flexibility index (Phi) is 5.32. The molecule has 2 N–H and O–H groups in total. The molecular weight excluding hydrogens is 364 g/mol. The van der Waals surface area contributed by atoms with Crippen LogP contribution in [-0.4, -0.2) is 25.0 Å². The molecule has 27 heavy (non-hydrogen) atoms. The minimum atomic E-state index is -0.224. The van der Waals surface area contributed by atoms with E-state index in [1.165, 1.54) is 0 Å². The van der Waals surface area contributed by atoms with Crippen molar-refractivity contribution in [2.75, 3.05) is 13.1 Å². The largest absolute Gasteiger partial charge is 0.487 e. The van der Waals surface area contributed by atoms with Crippen LogP contribution in [0.3, 0.4) is 0 Å². The lowest BCUT2D eigenvalue weighted by Gasteiger charge is -2.12. The second-order valence-electron chi connectivity index (χ2n) is 6.63. The fraction of sp³-hybridized carbons (Fsp3) is 0.286. The predicted molar refractivity (Wildman–Crippen MR) is 105 cm³/mol. The van der Waals surface area contributed by atoms with E-state index in [1.54, 1.807) is 12.1 Å². The smallest absolute Gasteiger partial charge is 0.287 e. The number of furan rings is 1. The van der Waals surface area contributed by atoms with Gasteiger partial charge in [-0.25, -0.2) is 0 Å². The van der Waals surface area contributed by atoms with Gasteiger partial charge < -0.3 is 19.8 Å². The first-order valence-corrected chi connectivity index (χ1v) is 9.49. The molecule has 0 bridgehead atoms.